The Labute approximate surface area is 373 Å². The number of carboxylic acid groups (broad SMARTS) is 2. The maximum Gasteiger partial charge on any atom is 0.326 e. The van der Waals surface area contributed by atoms with Gasteiger partial charge in [-0.25, -0.2) is 4.79 Å². The van der Waals surface area contributed by atoms with Crippen molar-refractivity contribution >= 4 is 82.8 Å². The van der Waals surface area contributed by atoms with Crippen LogP contribution in [0, 0.1) is 5.92 Å². The molecule has 362 valence electrons. The summed E-state index contributed by atoms with van der Waals surface area (Å²) in [6.45, 7) is 7.94. The molecule has 0 aliphatic carbocycles. The monoisotopic (exact) mass is 933 g/mol. The summed E-state index contributed by atoms with van der Waals surface area (Å²) in [5.41, 5.74) is 15.9. The topological polar surface area (TPSA) is 440 Å². The minimum absolute atomic E-state index is 0.0345. The summed E-state index contributed by atoms with van der Waals surface area (Å²) in [6.07, 6.45) is -2.32. The highest BCUT2D eigenvalue weighted by molar-refractivity contribution is 7.98. The smallest absolute Gasteiger partial charge is 0.326 e. The van der Waals surface area contributed by atoms with Crippen molar-refractivity contribution in [2.45, 2.75) is 141 Å². The van der Waals surface area contributed by atoms with Crippen molar-refractivity contribution in [3.63, 3.8) is 0 Å². The molecule has 0 radical (unpaired) electrons. The number of hydrogen-bond acceptors (Lipinski definition) is 15. The highest BCUT2D eigenvalue weighted by Crippen LogP contribution is 2.09. The molecule has 0 aromatic carbocycles. The van der Waals surface area contributed by atoms with Crippen LogP contribution in [0.15, 0.2) is 0 Å². The Balaban J connectivity index is 6.07. The first-order chi connectivity index (χ1) is 29.6. The summed E-state index contributed by atoms with van der Waals surface area (Å²) in [5, 5.41) is 47.3. The van der Waals surface area contributed by atoms with Gasteiger partial charge in [0.1, 0.15) is 48.3 Å². The maximum absolute atomic E-state index is 13.6. The van der Waals surface area contributed by atoms with E-state index in [4.69, 9.17) is 22.3 Å². The van der Waals surface area contributed by atoms with Crippen LogP contribution in [0.5, 0.6) is 0 Å². The molecule has 0 heterocycles. The quantitative estimate of drug-likeness (QED) is 0.0319. The largest absolute Gasteiger partial charge is 0.481 e. The van der Waals surface area contributed by atoms with Crippen molar-refractivity contribution in [1.29, 1.82) is 0 Å². The average molecular weight is 934 g/mol. The van der Waals surface area contributed by atoms with E-state index in [0.29, 0.717) is 5.75 Å². The van der Waals surface area contributed by atoms with Crippen LogP contribution in [0.25, 0.3) is 0 Å². The Hall–Kier alpha value is -6.09. The van der Waals surface area contributed by atoms with E-state index in [1.165, 1.54) is 46.4 Å². The van der Waals surface area contributed by atoms with E-state index in [1.54, 1.807) is 6.26 Å². The van der Waals surface area contributed by atoms with Crippen molar-refractivity contribution in [3.8, 4) is 0 Å². The third kappa shape index (κ3) is 21.8. The lowest BCUT2D eigenvalue weighted by atomic mass is 10.0. The number of carbonyl (C=O) groups excluding carboxylic acids is 10. The first-order valence-electron chi connectivity index (χ1n) is 20.0. The molecule has 10 amide bonds. The van der Waals surface area contributed by atoms with Gasteiger partial charge in [-0.1, -0.05) is 13.8 Å². The molecule has 0 aliphatic rings. The van der Waals surface area contributed by atoms with Crippen molar-refractivity contribution in [1.82, 2.24) is 42.5 Å². The molecule has 0 rings (SSSR count). The van der Waals surface area contributed by atoms with Crippen LogP contribution in [-0.4, -0.2) is 159 Å². The van der Waals surface area contributed by atoms with Crippen LogP contribution >= 0.6 is 11.8 Å². The van der Waals surface area contributed by atoms with Crippen LogP contribution in [0.2, 0.25) is 0 Å². The molecule has 0 unspecified atom stereocenters. The number of aliphatic hydroxyl groups is 1. The molecule has 0 aliphatic heterocycles. The minimum Gasteiger partial charge on any atom is -0.481 e. The molecule has 0 aromatic rings. The van der Waals surface area contributed by atoms with E-state index in [0.717, 1.165) is 6.92 Å². The number of nitrogens with two attached hydrogens (primary N) is 3. The molecular formula is C37H63N11O15S. The number of primary amides is 2. The van der Waals surface area contributed by atoms with Crippen molar-refractivity contribution < 1.29 is 72.9 Å². The van der Waals surface area contributed by atoms with Gasteiger partial charge in [-0.3, -0.25) is 52.7 Å². The first kappa shape index (κ1) is 57.9. The van der Waals surface area contributed by atoms with E-state index in [-0.39, 0.29) is 12.8 Å². The van der Waals surface area contributed by atoms with Crippen LogP contribution < -0.4 is 59.7 Å². The van der Waals surface area contributed by atoms with E-state index >= 15 is 0 Å². The maximum atomic E-state index is 13.6. The predicted molar refractivity (Wildman–Crippen MR) is 227 cm³/mol. The zero-order chi connectivity index (χ0) is 49.6. The summed E-state index contributed by atoms with van der Waals surface area (Å²) >= 11 is 1.32. The number of aliphatic carboxylic acids is 2. The third-order valence-electron chi connectivity index (χ3n) is 9.08. The number of aliphatic hydroxyl groups excluding tert-OH is 1. The molecule has 10 atom stereocenters. The van der Waals surface area contributed by atoms with Gasteiger partial charge >= 0.3 is 11.9 Å². The Bertz CT molecular complexity index is 1710. The lowest BCUT2D eigenvalue weighted by Crippen LogP contribution is -2.62. The van der Waals surface area contributed by atoms with Crippen molar-refractivity contribution in [3.05, 3.63) is 0 Å². The number of nitrogens with one attached hydrogen (secondary N) is 8. The molecule has 17 N–H and O–H groups in total. The second kappa shape index (κ2) is 28.6. The van der Waals surface area contributed by atoms with Crippen LogP contribution in [-0.2, 0) is 57.5 Å². The zero-order valence-corrected chi connectivity index (χ0v) is 37.5. The molecule has 27 heteroatoms. The van der Waals surface area contributed by atoms with Gasteiger partial charge in [0.25, 0.3) is 0 Å². The Morgan fingerprint density at radius 3 is 1.30 bits per heavy atom. The zero-order valence-electron chi connectivity index (χ0n) is 36.7. The summed E-state index contributed by atoms with van der Waals surface area (Å²) in [7, 11) is 0. The molecule has 0 saturated heterocycles. The second-order valence-electron chi connectivity index (χ2n) is 15.2. The first-order valence-corrected chi connectivity index (χ1v) is 21.4. The fraction of sp³-hybridized carbons (Fsp3) is 0.676. The number of amides is 10. The van der Waals surface area contributed by atoms with Crippen molar-refractivity contribution in [2.24, 2.45) is 23.1 Å². The molecule has 0 fully saturated rings. The second-order valence-corrected chi connectivity index (χ2v) is 16.2. The van der Waals surface area contributed by atoms with Crippen LogP contribution in [0.3, 0.4) is 0 Å². The van der Waals surface area contributed by atoms with Crippen molar-refractivity contribution in [2.75, 3.05) is 12.0 Å². The lowest BCUT2D eigenvalue weighted by molar-refractivity contribution is -0.144. The van der Waals surface area contributed by atoms with Gasteiger partial charge in [-0.2, -0.15) is 11.8 Å². The van der Waals surface area contributed by atoms with Gasteiger partial charge in [0.15, 0.2) is 0 Å². The number of hydrogen-bond donors (Lipinski definition) is 14. The fourth-order valence-corrected chi connectivity index (χ4v) is 5.82. The van der Waals surface area contributed by atoms with Gasteiger partial charge < -0.3 is 75.1 Å². The predicted octanol–water partition coefficient (Wildman–Crippen LogP) is -5.87. The van der Waals surface area contributed by atoms with Gasteiger partial charge in [0.05, 0.1) is 18.6 Å². The molecule has 64 heavy (non-hydrogen) atoms. The number of carbonyl (C=O) groups is 12. The molecule has 26 nitrogen and oxygen atoms in total. The highest BCUT2D eigenvalue weighted by Gasteiger charge is 2.36. The molecular weight excluding hydrogens is 871 g/mol. The van der Waals surface area contributed by atoms with Gasteiger partial charge in [0.2, 0.25) is 59.1 Å². The van der Waals surface area contributed by atoms with E-state index in [2.05, 4.69) is 37.2 Å². The SMILES string of the molecule is CSCC[C@H](NC(=O)[C@H](C)NC(=O)[C@H](CCC(=O)O)NC(=O)[C@H](C)N)C(=O)N[C@@H](C)C(=O)N[C@@H](CCC(N)=O)C(=O)N[C@H](C(=O)N[C@H](C(=O)N[C@@H](CC(N)=O)C(=O)O)[C@@H](C)O)C(C)C. The van der Waals surface area contributed by atoms with Crippen LogP contribution in [0.1, 0.15) is 80.1 Å². The third-order valence-corrected chi connectivity index (χ3v) is 9.73. The molecule has 0 saturated carbocycles. The average Bonchev–Trinajstić information content (AvgIpc) is 3.18. The minimum atomic E-state index is -1.80. The molecule has 0 aromatic heterocycles. The lowest BCUT2D eigenvalue weighted by Gasteiger charge is -2.29. The van der Waals surface area contributed by atoms with E-state index in [9.17, 15) is 67.7 Å². The van der Waals surface area contributed by atoms with Gasteiger partial charge in [-0.05, 0) is 64.9 Å². The standard InChI is InChI=1S/C37H63N11O15S/c1-15(2)27(35(60)48-28(19(6)49)36(61)46-23(37(62)63)14-25(40)51)47-34(59)20(8-10-24(39)50)44-30(55)17(4)42-33(58)22(12-13-64-7)45-31(56)18(5)41-32(57)21(9-11-26(52)53)43-29(54)16(3)38/h15-23,27-28,49H,8-14,38H2,1-7H3,(H2,39,50)(H2,40,51)(H,41,57)(H,42,58)(H,43,54)(H,44,55)(H,45,56)(H,46,61)(H,47,59)(H,48,60)(H,52,53)(H,62,63)/t16-,17-,18-,19+,20-,21-,22-,23-,27-,28-/m0/s1. The van der Waals surface area contributed by atoms with Gasteiger partial charge in [0, 0.05) is 12.8 Å². The highest BCUT2D eigenvalue weighted by atomic mass is 32.2. The summed E-state index contributed by atoms with van der Waals surface area (Å²) in [5.74, 6) is -12.8. The normalized spacial score (nSPS) is 15.7. The van der Waals surface area contributed by atoms with E-state index in [1.807, 2.05) is 5.32 Å². The molecule has 0 spiro atoms. The van der Waals surface area contributed by atoms with E-state index < -0.39 is 163 Å². The fourth-order valence-electron chi connectivity index (χ4n) is 5.35. The number of rotatable bonds is 30. The Morgan fingerprint density at radius 2 is 0.906 bits per heavy atom. The summed E-state index contributed by atoms with van der Waals surface area (Å²) < 4.78 is 0. The Kier molecular flexibility index (Phi) is 25.9. The summed E-state index contributed by atoms with van der Waals surface area (Å²) in [6, 6.07) is -13.0. The molecule has 0 bridgehead atoms. The van der Waals surface area contributed by atoms with Gasteiger partial charge in [-0.15, -0.1) is 0 Å². The van der Waals surface area contributed by atoms with Crippen LogP contribution in [0.4, 0.5) is 0 Å². The number of carboxylic acids is 2. The Morgan fingerprint density at radius 1 is 0.500 bits per heavy atom. The number of thioether (sulfide) groups is 1. The summed E-state index contributed by atoms with van der Waals surface area (Å²) in [4.78, 5) is 151.